The molecule has 26 heavy (non-hydrogen) atoms. The molecule has 1 aromatic carbocycles. The largest absolute Gasteiger partial charge is 0.477 e. The van der Waals surface area contributed by atoms with E-state index in [1.54, 1.807) is 30.5 Å². The number of pyridine rings is 1. The summed E-state index contributed by atoms with van der Waals surface area (Å²) in [4.78, 5) is 20.3. The van der Waals surface area contributed by atoms with Crippen LogP contribution in [0.4, 0.5) is 0 Å². The number of hydrogen-bond acceptors (Lipinski definition) is 4. The van der Waals surface area contributed by atoms with Gasteiger partial charge >= 0.3 is 5.97 Å². The van der Waals surface area contributed by atoms with Crippen molar-refractivity contribution in [2.24, 2.45) is 5.73 Å². The van der Waals surface area contributed by atoms with E-state index in [0.717, 1.165) is 0 Å². The van der Waals surface area contributed by atoms with Crippen molar-refractivity contribution in [3.05, 3.63) is 68.7 Å². The Morgan fingerprint density at radius 1 is 1.15 bits per heavy atom. The highest BCUT2D eigenvalue weighted by Crippen LogP contribution is 2.28. The lowest BCUT2D eigenvalue weighted by atomic mass is 10.2. The first-order valence-corrected chi connectivity index (χ1v) is 8.61. The molecule has 0 fully saturated rings. The van der Waals surface area contributed by atoms with Crippen LogP contribution in [0.2, 0.25) is 15.1 Å². The number of nitrogens with two attached hydrogens (primary N) is 1. The molecule has 0 radical (unpaired) electrons. The van der Waals surface area contributed by atoms with E-state index in [1.807, 2.05) is 0 Å². The maximum absolute atomic E-state index is 11.8. The molecule has 3 rings (SSSR count). The molecule has 2 heterocycles. The smallest absolute Gasteiger partial charge is 0.354 e. The average Bonchev–Trinajstić information content (AvgIpc) is 2.97. The highest BCUT2D eigenvalue weighted by molar-refractivity contribution is 6.33. The van der Waals surface area contributed by atoms with Gasteiger partial charge in [-0.25, -0.2) is 9.78 Å². The van der Waals surface area contributed by atoms with E-state index in [9.17, 15) is 9.90 Å². The lowest BCUT2D eigenvalue weighted by molar-refractivity contribution is 0.0684. The molecule has 0 amide bonds. The Bertz CT molecular complexity index is 988. The Hall–Kier alpha value is -2.12. The maximum atomic E-state index is 11.8. The van der Waals surface area contributed by atoms with Crippen LogP contribution in [-0.2, 0) is 13.1 Å². The summed E-state index contributed by atoms with van der Waals surface area (Å²) in [6.07, 6.45) is 3.03. The molecule has 0 atom stereocenters. The summed E-state index contributed by atoms with van der Waals surface area (Å²) in [6, 6.07) is 6.64. The fraction of sp³-hybridized carbons (Fsp3) is 0.118. The molecule has 0 bridgehead atoms. The number of imidazole rings is 1. The van der Waals surface area contributed by atoms with Crippen molar-refractivity contribution in [3.8, 4) is 11.4 Å². The number of hydrogen-bond donors (Lipinski definition) is 2. The highest BCUT2D eigenvalue weighted by Gasteiger charge is 2.23. The van der Waals surface area contributed by atoms with Crippen LogP contribution in [0.5, 0.6) is 0 Å². The Balaban J connectivity index is 2.22. The van der Waals surface area contributed by atoms with Crippen LogP contribution in [0.25, 0.3) is 11.4 Å². The second-order valence-electron chi connectivity index (χ2n) is 5.45. The number of halogens is 3. The van der Waals surface area contributed by atoms with Gasteiger partial charge in [-0.15, -0.1) is 0 Å². The number of carboxylic acid groups (broad SMARTS) is 1. The maximum Gasteiger partial charge on any atom is 0.354 e. The molecule has 0 spiro atoms. The van der Waals surface area contributed by atoms with Gasteiger partial charge in [0, 0.05) is 34.5 Å². The van der Waals surface area contributed by atoms with Gasteiger partial charge in [0.05, 0.1) is 17.3 Å². The standard InChI is InChI=1S/C17H13Cl3N4O2/c18-11-1-2-13(20)10(4-11)8-24-15(17(25)26)14(5-21)23-16(24)9-3-12(19)7-22-6-9/h1-4,6-7H,5,8,21H2,(H,25,26). The SMILES string of the molecule is NCc1nc(-c2cncc(Cl)c2)n(Cc2cc(Cl)ccc2Cl)c1C(=O)O. The fourth-order valence-corrected chi connectivity index (χ4v) is 3.17. The molecule has 2 aromatic heterocycles. The second-order valence-corrected chi connectivity index (χ2v) is 6.73. The zero-order valence-electron chi connectivity index (χ0n) is 13.3. The third kappa shape index (κ3) is 3.68. The number of carbonyl (C=O) groups is 1. The fourth-order valence-electron chi connectivity index (χ4n) is 2.63. The summed E-state index contributed by atoms with van der Waals surface area (Å²) < 4.78 is 1.52. The third-order valence-corrected chi connectivity index (χ3v) is 4.55. The van der Waals surface area contributed by atoms with Crippen LogP contribution >= 0.6 is 34.8 Å². The minimum Gasteiger partial charge on any atom is -0.477 e. The number of carboxylic acids is 1. The van der Waals surface area contributed by atoms with Gasteiger partial charge in [0.2, 0.25) is 0 Å². The summed E-state index contributed by atoms with van der Waals surface area (Å²) in [5.74, 6) is -0.758. The Kier molecular flexibility index (Phi) is 5.48. The van der Waals surface area contributed by atoms with Gasteiger partial charge in [-0.2, -0.15) is 0 Å². The van der Waals surface area contributed by atoms with Gasteiger partial charge in [-0.05, 0) is 29.8 Å². The Morgan fingerprint density at radius 3 is 2.58 bits per heavy atom. The third-order valence-electron chi connectivity index (χ3n) is 3.74. The molecule has 6 nitrogen and oxygen atoms in total. The van der Waals surface area contributed by atoms with Crippen molar-refractivity contribution in [2.75, 3.05) is 0 Å². The Labute approximate surface area is 164 Å². The summed E-state index contributed by atoms with van der Waals surface area (Å²) in [6.45, 7) is 0.120. The quantitative estimate of drug-likeness (QED) is 0.659. The lowest BCUT2D eigenvalue weighted by Crippen LogP contribution is -2.14. The minimum absolute atomic E-state index is 0.0153. The summed E-state index contributed by atoms with van der Waals surface area (Å²) in [7, 11) is 0. The predicted octanol–water partition coefficient (Wildman–Crippen LogP) is 4.11. The van der Waals surface area contributed by atoms with E-state index in [0.29, 0.717) is 32.0 Å². The van der Waals surface area contributed by atoms with Gasteiger partial charge in [-0.3, -0.25) is 4.98 Å². The molecule has 0 saturated carbocycles. The van der Waals surface area contributed by atoms with Crippen molar-refractivity contribution in [3.63, 3.8) is 0 Å². The average molecular weight is 412 g/mol. The molecule has 3 aromatic rings. The molecule has 9 heteroatoms. The van der Waals surface area contributed by atoms with Crippen molar-refractivity contribution in [1.82, 2.24) is 14.5 Å². The van der Waals surface area contributed by atoms with Crippen molar-refractivity contribution < 1.29 is 9.90 Å². The normalized spacial score (nSPS) is 10.9. The molecule has 0 aliphatic rings. The van der Waals surface area contributed by atoms with Crippen LogP contribution in [0.15, 0.2) is 36.7 Å². The second kappa shape index (κ2) is 7.63. The van der Waals surface area contributed by atoms with E-state index in [2.05, 4.69) is 9.97 Å². The Morgan fingerprint density at radius 2 is 1.92 bits per heavy atom. The van der Waals surface area contributed by atoms with E-state index in [4.69, 9.17) is 40.5 Å². The van der Waals surface area contributed by atoms with E-state index in [1.165, 1.54) is 10.8 Å². The molecule has 0 aliphatic carbocycles. The highest BCUT2D eigenvalue weighted by atomic mass is 35.5. The van der Waals surface area contributed by atoms with Crippen LogP contribution in [0.3, 0.4) is 0 Å². The van der Waals surface area contributed by atoms with Crippen molar-refractivity contribution in [2.45, 2.75) is 13.1 Å². The first-order chi connectivity index (χ1) is 12.4. The zero-order valence-corrected chi connectivity index (χ0v) is 15.6. The summed E-state index contributed by atoms with van der Waals surface area (Å²) in [5.41, 5.74) is 7.16. The topological polar surface area (TPSA) is 94.0 Å². The number of aromatic nitrogens is 3. The first kappa shape index (κ1) is 18.7. The molecular formula is C17H13Cl3N4O2. The molecule has 0 unspecified atom stereocenters. The van der Waals surface area contributed by atoms with E-state index >= 15 is 0 Å². The van der Waals surface area contributed by atoms with Gasteiger partial charge in [-0.1, -0.05) is 34.8 Å². The van der Waals surface area contributed by atoms with Gasteiger partial charge in [0.15, 0.2) is 5.69 Å². The number of nitrogens with zero attached hydrogens (tertiary/aromatic N) is 3. The molecule has 134 valence electrons. The van der Waals surface area contributed by atoms with E-state index < -0.39 is 5.97 Å². The molecular weight excluding hydrogens is 399 g/mol. The van der Waals surface area contributed by atoms with Crippen molar-refractivity contribution >= 4 is 40.8 Å². The van der Waals surface area contributed by atoms with Crippen LogP contribution in [0.1, 0.15) is 21.7 Å². The first-order valence-electron chi connectivity index (χ1n) is 7.48. The number of aromatic carboxylic acids is 1. The summed E-state index contributed by atoms with van der Waals surface area (Å²) in [5, 5.41) is 11.0. The lowest BCUT2D eigenvalue weighted by Gasteiger charge is -2.12. The van der Waals surface area contributed by atoms with E-state index in [-0.39, 0.29) is 24.5 Å². The van der Waals surface area contributed by atoms with Gasteiger partial charge < -0.3 is 15.4 Å². The predicted molar refractivity (Wildman–Crippen MR) is 101 cm³/mol. The number of rotatable bonds is 5. The number of benzene rings is 1. The molecule has 3 N–H and O–H groups in total. The van der Waals surface area contributed by atoms with Crippen LogP contribution in [0, 0.1) is 0 Å². The van der Waals surface area contributed by atoms with Crippen LogP contribution in [-0.4, -0.2) is 25.6 Å². The molecule has 0 saturated heterocycles. The van der Waals surface area contributed by atoms with Gasteiger partial charge in [0.1, 0.15) is 5.82 Å². The van der Waals surface area contributed by atoms with Crippen molar-refractivity contribution in [1.29, 1.82) is 0 Å². The van der Waals surface area contributed by atoms with Gasteiger partial charge in [0.25, 0.3) is 0 Å². The molecule has 0 aliphatic heterocycles. The minimum atomic E-state index is -1.14. The summed E-state index contributed by atoms with van der Waals surface area (Å²) >= 11 is 18.3. The van der Waals surface area contributed by atoms with Crippen LogP contribution < -0.4 is 5.73 Å². The zero-order chi connectivity index (χ0) is 18.8. The monoisotopic (exact) mass is 410 g/mol.